The monoisotopic (exact) mass is 239 g/mol. The topological polar surface area (TPSA) is 29.5 Å². The number of hydrogen-bond donors (Lipinski definition) is 0. The normalized spacial score (nSPS) is 37.6. The summed E-state index contributed by atoms with van der Waals surface area (Å²) in [5.74, 6) is 1.53. The molecule has 2 aliphatic carbocycles. The third-order valence-corrected chi connectivity index (χ3v) is 4.56. The van der Waals surface area contributed by atoms with Crippen LogP contribution >= 0.6 is 0 Å². The van der Waals surface area contributed by atoms with Gasteiger partial charge in [0.2, 0.25) is 0 Å². The molecule has 2 fully saturated rings. The lowest BCUT2D eigenvalue weighted by Gasteiger charge is -2.45. The van der Waals surface area contributed by atoms with Crippen LogP contribution in [0.3, 0.4) is 0 Å². The predicted molar refractivity (Wildman–Crippen MR) is 67.7 cm³/mol. The summed E-state index contributed by atoms with van der Waals surface area (Å²) < 4.78 is 5.53. The van der Waals surface area contributed by atoms with E-state index in [4.69, 9.17) is 4.74 Å². The minimum Gasteiger partial charge on any atom is -0.461 e. The molecule has 0 radical (unpaired) electrons. The van der Waals surface area contributed by atoms with Crippen molar-refractivity contribution >= 4 is 5.97 Å². The SMILES string of the molecule is CC(=O)O[C@H]1C[C@H]2CCCC[C@@H]2C[C@@H]1N(C)C. The number of rotatable bonds is 2. The smallest absolute Gasteiger partial charge is 0.302 e. The van der Waals surface area contributed by atoms with E-state index in [1.165, 1.54) is 39.0 Å². The third-order valence-electron chi connectivity index (χ3n) is 4.56. The van der Waals surface area contributed by atoms with E-state index in [-0.39, 0.29) is 12.1 Å². The molecule has 3 heteroatoms. The van der Waals surface area contributed by atoms with E-state index >= 15 is 0 Å². The fraction of sp³-hybridized carbons (Fsp3) is 0.929. The highest BCUT2D eigenvalue weighted by molar-refractivity contribution is 5.66. The molecule has 3 nitrogen and oxygen atoms in total. The van der Waals surface area contributed by atoms with Crippen LogP contribution in [0.15, 0.2) is 0 Å². The lowest BCUT2D eigenvalue weighted by molar-refractivity contribution is -0.154. The van der Waals surface area contributed by atoms with Crippen molar-refractivity contribution in [1.29, 1.82) is 0 Å². The van der Waals surface area contributed by atoms with Crippen LogP contribution in [0, 0.1) is 11.8 Å². The summed E-state index contributed by atoms with van der Waals surface area (Å²) in [7, 11) is 4.20. The van der Waals surface area contributed by atoms with Gasteiger partial charge in [-0.25, -0.2) is 0 Å². The van der Waals surface area contributed by atoms with Gasteiger partial charge in [-0.2, -0.15) is 0 Å². The Labute approximate surface area is 105 Å². The van der Waals surface area contributed by atoms with E-state index < -0.39 is 0 Å². The second kappa shape index (κ2) is 5.38. The van der Waals surface area contributed by atoms with Gasteiger partial charge < -0.3 is 9.64 Å². The summed E-state index contributed by atoms with van der Waals surface area (Å²) in [5, 5.41) is 0. The van der Waals surface area contributed by atoms with Gasteiger partial charge >= 0.3 is 5.97 Å². The molecule has 0 unspecified atom stereocenters. The van der Waals surface area contributed by atoms with Gasteiger partial charge in [-0.1, -0.05) is 25.7 Å². The molecule has 2 aliphatic rings. The molecule has 4 atom stereocenters. The first-order valence-electron chi connectivity index (χ1n) is 6.91. The number of esters is 1. The number of nitrogens with zero attached hydrogens (tertiary/aromatic N) is 1. The van der Waals surface area contributed by atoms with Crippen molar-refractivity contribution in [1.82, 2.24) is 4.90 Å². The van der Waals surface area contributed by atoms with Crippen LogP contribution in [-0.4, -0.2) is 37.1 Å². The van der Waals surface area contributed by atoms with Gasteiger partial charge in [0, 0.05) is 13.0 Å². The average molecular weight is 239 g/mol. The number of ether oxygens (including phenoxy) is 1. The molecule has 0 N–H and O–H groups in total. The highest BCUT2D eigenvalue weighted by Crippen LogP contribution is 2.42. The predicted octanol–water partition coefficient (Wildman–Crippen LogP) is 2.45. The van der Waals surface area contributed by atoms with Crippen molar-refractivity contribution in [2.45, 2.75) is 57.6 Å². The Kier molecular flexibility index (Phi) is 4.08. The highest BCUT2D eigenvalue weighted by Gasteiger charge is 2.40. The molecule has 2 rings (SSSR count). The molecular formula is C14H25NO2. The Balaban J connectivity index is 2.04. The Morgan fingerprint density at radius 2 is 1.71 bits per heavy atom. The van der Waals surface area contributed by atoms with Gasteiger partial charge in [0.25, 0.3) is 0 Å². The first-order chi connectivity index (χ1) is 8.08. The quantitative estimate of drug-likeness (QED) is 0.693. The molecule has 0 aromatic rings. The fourth-order valence-electron chi connectivity index (χ4n) is 3.71. The van der Waals surface area contributed by atoms with E-state index in [1.807, 2.05) is 0 Å². The van der Waals surface area contributed by atoms with Crippen molar-refractivity contribution in [3.8, 4) is 0 Å². The van der Waals surface area contributed by atoms with Crippen molar-refractivity contribution in [3.05, 3.63) is 0 Å². The first-order valence-corrected chi connectivity index (χ1v) is 6.91. The van der Waals surface area contributed by atoms with Gasteiger partial charge in [0.15, 0.2) is 0 Å². The summed E-state index contributed by atoms with van der Waals surface area (Å²) in [5.41, 5.74) is 0. The second-order valence-electron chi connectivity index (χ2n) is 5.95. The lowest BCUT2D eigenvalue weighted by Crippen LogP contribution is -2.49. The first kappa shape index (κ1) is 12.9. The molecule has 0 spiro atoms. The molecule has 0 saturated heterocycles. The lowest BCUT2D eigenvalue weighted by atomic mass is 9.68. The van der Waals surface area contributed by atoms with Crippen LogP contribution < -0.4 is 0 Å². The second-order valence-corrected chi connectivity index (χ2v) is 5.95. The molecule has 0 aromatic carbocycles. The Bertz CT molecular complexity index is 277. The molecule has 0 aliphatic heterocycles. The Morgan fingerprint density at radius 1 is 1.12 bits per heavy atom. The van der Waals surface area contributed by atoms with Crippen LogP contribution in [0.4, 0.5) is 0 Å². The van der Waals surface area contributed by atoms with Gasteiger partial charge in [-0.3, -0.25) is 4.79 Å². The van der Waals surface area contributed by atoms with Gasteiger partial charge in [-0.15, -0.1) is 0 Å². The number of fused-ring (bicyclic) bond motifs is 1. The highest BCUT2D eigenvalue weighted by atomic mass is 16.5. The van der Waals surface area contributed by atoms with Gasteiger partial charge in [0.1, 0.15) is 6.10 Å². The van der Waals surface area contributed by atoms with Crippen LogP contribution in [0.1, 0.15) is 45.4 Å². The van der Waals surface area contributed by atoms with E-state index in [0.717, 1.165) is 18.3 Å². The number of carbonyl (C=O) groups is 1. The van der Waals surface area contributed by atoms with Crippen molar-refractivity contribution in [2.75, 3.05) is 14.1 Å². The summed E-state index contributed by atoms with van der Waals surface area (Å²) in [6.07, 6.45) is 7.86. The summed E-state index contributed by atoms with van der Waals surface area (Å²) in [4.78, 5) is 13.4. The van der Waals surface area contributed by atoms with E-state index in [1.54, 1.807) is 0 Å². The van der Waals surface area contributed by atoms with Crippen LogP contribution in [-0.2, 0) is 9.53 Å². The van der Waals surface area contributed by atoms with Gasteiger partial charge in [-0.05, 0) is 38.8 Å². The number of hydrogen-bond acceptors (Lipinski definition) is 3. The minimum atomic E-state index is -0.129. The maximum Gasteiger partial charge on any atom is 0.302 e. The largest absolute Gasteiger partial charge is 0.461 e. The van der Waals surface area contributed by atoms with E-state index in [9.17, 15) is 4.79 Å². The van der Waals surface area contributed by atoms with Crippen LogP contribution in [0.2, 0.25) is 0 Å². The molecule has 17 heavy (non-hydrogen) atoms. The summed E-state index contributed by atoms with van der Waals surface area (Å²) >= 11 is 0. The summed E-state index contributed by atoms with van der Waals surface area (Å²) in [6, 6.07) is 0.415. The Hall–Kier alpha value is -0.570. The van der Waals surface area contributed by atoms with E-state index in [0.29, 0.717) is 6.04 Å². The van der Waals surface area contributed by atoms with Crippen molar-refractivity contribution in [3.63, 3.8) is 0 Å². The van der Waals surface area contributed by atoms with Crippen LogP contribution in [0.25, 0.3) is 0 Å². The maximum absolute atomic E-state index is 11.2. The third kappa shape index (κ3) is 3.01. The number of carbonyl (C=O) groups excluding carboxylic acids is 1. The fourth-order valence-corrected chi connectivity index (χ4v) is 3.71. The number of likely N-dealkylation sites (N-methyl/N-ethyl adjacent to an activating group) is 1. The van der Waals surface area contributed by atoms with Gasteiger partial charge in [0.05, 0.1) is 0 Å². The zero-order valence-electron chi connectivity index (χ0n) is 11.3. The molecule has 0 aromatic heterocycles. The average Bonchev–Trinajstić information content (AvgIpc) is 2.27. The molecule has 0 bridgehead atoms. The Morgan fingerprint density at radius 3 is 2.24 bits per heavy atom. The summed E-state index contributed by atoms with van der Waals surface area (Å²) in [6.45, 7) is 1.53. The molecule has 0 heterocycles. The molecule has 98 valence electrons. The van der Waals surface area contributed by atoms with E-state index in [2.05, 4.69) is 19.0 Å². The zero-order valence-corrected chi connectivity index (χ0v) is 11.3. The van der Waals surface area contributed by atoms with Crippen molar-refractivity contribution in [2.24, 2.45) is 11.8 Å². The maximum atomic E-state index is 11.2. The standard InChI is InChI=1S/C14H25NO2/c1-10(16)17-14-9-12-7-5-4-6-11(12)8-13(14)15(2)3/h11-14H,4-9H2,1-3H3/t11-,12-,13+,14+/m1/s1. The van der Waals surface area contributed by atoms with Crippen LogP contribution in [0.5, 0.6) is 0 Å². The minimum absolute atomic E-state index is 0.113. The molecule has 0 amide bonds. The molecule has 2 saturated carbocycles. The zero-order chi connectivity index (χ0) is 12.4. The molecular weight excluding hydrogens is 214 g/mol. The van der Waals surface area contributed by atoms with Crippen molar-refractivity contribution < 1.29 is 9.53 Å².